The minimum Gasteiger partial charge on any atom is -0.318 e. The van der Waals surface area contributed by atoms with Crippen LogP contribution in [0.15, 0.2) is 36.7 Å². The highest BCUT2D eigenvalue weighted by molar-refractivity contribution is 5.91. The van der Waals surface area contributed by atoms with Gasteiger partial charge in [0.05, 0.1) is 6.20 Å². The minimum absolute atomic E-state index is 0. The number of carbonyl (C=O) groups excluding carboxylic acids is 1. The van der Waals surface area contributed by atoms with Gasteiger partial charge in [-0.15, -0.1) is 0 Å². The van der Waals surface area contributed by atoms with Gasteiger partial charge in [0.25, 0.3) is 6.43 Å². The molecule has 2 bridgehead atoms. The quantitative estimate of drug-likeness (QED) is 0.770. The molecule has 1 aliphatic carbocycles. The van der Waals surface area contributed by atoms with E-state index in [4.69, 9.17) is 0 Å². The number of hydrogen-bond donors (Lipinski definition) is 1. The minimum atomic E-state index is -2.72. The van der Waals surface area contributed by atoms with E-state index >= 15 is 0 Å². The van der Waals surface area contributed by atoms with E-state index in [2.05, 4.69) is 17.2 Å². The Hall–Kier alpha value is -2.57. The van der Waals surface area contributed by atoms with E-state index in [-0.39, 0.29) is 36.2 Å². The summed E-state index contributed by atoms with van der Waals surface area (Å²) in [6.07, 6.45) is 2.65. The number of nitrogens with one attached hydrogen (secondary N) is 1. The first-order valence-electron chi connectivity index (χ1n) is 9.04. The van der Waals surface area contributed by atoms with Gasteiger partial charge < -0.3 is 10.2 Å². The maximum absolute atomic E-state index is 13.5. The zero-order valence-corrected chi connectivity index (χ0v) is 14.8. The number of anilines is 1. The smallest absolute Gasteiger partial charge is 0.318 e. The SMILES string of the molecule is CC1CC2CC(C1)N2C(=O)Nc1ccc(C(F)F)c(-c2cncc(F)c2)c1.[HH]. The largest absolute Gasteiger partial charge is 0.322 e. The second-order valence-corrected chi connectivity index (χ2v) is 7.45. The average molecular weight is 377 g/mol. The van der Waals surface area contributed by atoms with Gasteiger partial charge in [0.15, 0.2) is 0 Å². The first-order valence-corrected chi connectivity index (χ1v) is 9.04. The molecule has 1 saturated carbocycles. The van der Waals surface area contributed by atoms with Gasteiger partial charge in [-0.25, -0.2) is 18.0 Å². The molecule has 2 amide bonds. The van der Waals surface area contributed by atoms with Crippen LogP contribution >= 0.6 is 0 Å². The van der Waals surface area contributed by atoms with Crippen LogP contribution in [0.2, 0.25) is 0 Å². The molecule has 4 nitrogen and oxygen atoms in total. The Labute approximate surface area is 156 Å². The number of pyridine rings is 1. The van der Waals surface area contributed by atoms with Crippen molar-refractivity contribution in [3.63, 3.8) is 0 Å². The fourth-order valence-corrected chi connectivity index (χ4v) is 4.30. The van der Waals surface area contributed by atoms with Gasteiger partial charge >= 0.3 is 6.03 Å². The summed E-state index contributed by atoms with van der Waals surface area (Å²) in [6.45, 7) is 2.19. The molecule has 1 N–H and O–H groups in total. The summed E-state index contributed by atoms with van der Waals surface area (Å²) in [5, 5.41) is 2.81. The Morgan fingerprint density at radius 3 is 2.63 bits per heavy atom. The van der Waals surface area contributed by atoms with Gasteiger partial charge in [0.2, 0.25) is 0 Å². The number of rotatable bonds is 3. The molecule has 27 heavy (non-hydrogen) atoms. The molecular weight excluding hydrogens is 355 g/mol. The van der Waals surface area contributed by atoms with Crippen LogP contribution in [0.3, 0.4) is 0 Å². The Bertz CT molecular complexity index is 868. The highest BCUT2D eigenvalue weighted by Gasteiger charge is 2.46. The highest BCUT2D eigenvalue weighted by atomic mass is 19.3. The third kappa shape index (κ3) is 3.38. The molecule has 2 aromatic rings. The van der Waals surface area contributed by atoms with Crippen molar-refractivity contribution in [2.75, 3.05) is 5.32 Å². The molecule has 2 atom stereocenters. The van der Waals surface area contributed by atoms with Gasteiger partial charge in [-0.1, -0.05) is 13.0 Å². The fourth-order valence-electron chi connectivity index (χ4n) is 4.30. The molecule has 3 heterocycles. The Morgan fingerprint density at radius 1 is 1.22 bits per heavy atom. The molecule has 2 aliphatic heterocycles. The van der Waals surface area contributed by atoms with Crippen LogP contribution in [0.25, 0.3) is 11.1 Å². The van der Waals surface area contributed by atoms with Gasteiger partial charge in [0.1, 0.15) is 5.82 Å². The predicted octanol–water partition coefficient (Wildman–Crippen LogP) is 5.48. The lowest BCUT2D eigenvalue weighted by Gasteiger charge is -2.54. The number of aromatic nitrogens is 1. The molecule has 2 saturated heterocycles. The lowest BCUT2D eigenvalue weighted by atomic mass is 9.74. The van der Waals surface area contributed by atoms with Gasteiger partial charge in [0, 0.05) is 36.5 Å². The molecule has 1 aromatic carbocycles. The number of hydrogen-bond acceptors (Lipinski definition) is 2. The van der Waals surface area contributed by atoms with Gasteiger partial charge in [-0.05, 0) is 48.9 Å². The number of benzene rings is 1. The number of piperidine rings is 1. The van der Waals surface area contributed by atoms with Crippen molar-refractivity contribution in [1.29, 1.82) is 0 Å². The Kier molecular flexibility index (Phi) is 4.53. The summed E-state index contributed by atoms with van der Waals surface area (Å²) in [5.74, 6) is 0.0138. The van der Waals surface area contributed by atoms with Crippen molar-refractivity contribution in [3.05, 3.63) is 48.0 Å². The second-order valence-electron chi connectivity index (χ2n) is 7.45. The first kappa shape index (κ1) is 17.8. The number of carbonyl (C=O) groups is 1. The van der Waals surface area contributed by atoms with E-state index in [1.807, 2.05) is 4.90 Å². The molecule has 1 aromatic heterocycles. The number of nitrogens with zero attached hydrogens (tertiary/aromatic N) is 2. The summed E-state index contributed by atoms with van der Waals surface area (Å²) in [4.78, 5) is 18.2. The molecule has 144 valence electrons. The molecular formula is C20H22F3N3O. The van der Waals surface area contributed by atoms with Gasteiger partial charge in [-0.3, -0.25) is 4.98 Å². The molecule has 0 spiro atoms. The number of alkyl halides is 2. The van der Waals surface area contributed by atoms with Crippen LogP contribution in [-0.4, -0.2) is 28.0 Å². The van der Waals surface area contributed by atoms with Crippen LogP contribution < -0.4 is 5.32 Å². The summed E-state index contributed by atoms with van der Waals surface area (Å²) in [6, 6.07) is 5.62. The third-order valence-electron chi connectivity index (χ3n) is 5.47. The summed E-state index contributed by atoms with van der Waals surface area (Å²) in [5.41, 5.74) is 0.583. The summed E-state index contributed by atoms with van der Waals surface area (Å²) < 4.78 is 40.3. The fraction of sp³-hybridized carbons (Fsp3) is 0.400. The normalized spacial score (nSPS) is 23.9. The Morgan fingerprint density at radius 2 is 1.96 bits per heavy atom. The maximum atomic E-state index is 13.5. The van der Waals surface area contributed by atoms with Gasteiger partial charge in [-0.2, -0.15) is 0 Å². The number of fused-ring (bicyclic) bond motifs is 2. The van der Waals surface area contributed by atoms with E-state index in [9.17, 15) is 18.0 Å². The van der Waals surface area contributed by atoms with Crippen molar-refractivity contribution < 1.29 is 19.4 Å². The molecule has 3 aliphatic rings. The van der Waals surface area contributed by atoms with E-state index in [1.54, 1.807) is 0 Å². The predicted molar refractivity (Wildman–Crippen MR) is 98.2 cm³/mol. The van der Waals surface area contributed by atoms with E-state index < -0.39 is 12.2 Å². The molecule has 5 rings (SSSR count). The highest BCUT2D eigenvalue weighted by Crippen LogP contribution is 2.41. The zero-order valence-electron chi connectivity index (χ0n) is 14.8. The number of urea groups is 1. The van der Waals surface area contributed by atoms with Crippen molar-refractivity contribution in [2.24, 2.45) is 5.92 Å². The lowest BCUT2D eigenvalue weighted by Crippen LogP contribution is -2.63. The second kappa shape index (κ2) is 6.87. The van der Waals surface area contributed by atoms with Crippen molar-refractivity contribution in [2.45, 2.75) is 44.7 Å². The van der Waals surface area contributed by atoms with Crippen molar-refractivity contribution in [1.82, 2.24) is 9.88 Å². The maximum Gasteiger partial charge on any atom is 0.322 e. The molecule has 2 unspecified atom stereocenters. The molecule has 3 fully saturated rings. The standard InChI is InChI=1S/C20H20F3N3O.H2/c1-11-4-15-8-16(5-11)26(15)20(27)25-14-2-3-17(19(22)23)18(7-14)12-6-13(21)10-24-9-12;/h2-3,6-7,9-11,15-16,19H,4-5,8H2,1H3,(H,25,27);1H. The van der Waals surface area contributed by atoms with Crippen LogP contribution in [0.4, 0.5) is 23.7 Å². The molecule has 0 radical (unpaired) electrons. The van der Waals surface area contributed by atoms with E-state index in [1.165, 1.54) is 24.4 Å². The van der Waals surface area contributed by atoms with Crippen LogP contribution in [0.5, 0.6) is 0 Å². The van der Waals surface area contributed by atoms with Crippen molar-refractivity contribution in [3.8, 4) is 11.1 Å². The molecule has 7 heteroatoms. The summed E-state index contributed by atoms with van der Waals surface area (Å²) >= 11 is 0. The first-order chi connectivity index (χ1) is 12.9. The number of halogens is 3. The van der Waals surface area contributed by atoms with Crippen LogP contribution in [0, 0.1) is 11.7 Å². The Balaban J connectivity index is 0.00000225. The average Bonchev–Trinajstić information content (AvgIpc) is 2.61. The monoisotopic (exact) mass is 377 g/mol. The third-order valence-corrected chi connectivity index (χ3v) is 5.47. The van der Waals surface area contributed by atoms with Crippen molar-refractivity contribution >= 4 is 11.7 Å². The summed E-state index contributed by atoms with van der Waals surface area (Å²) in [7, 11) is 0. The van der Waals surface area contributed by atoms with E-state index in [0.717, 1.165) is 31.5 Å². The van der Waals surface area contributed by atoms with E-state index in [0.29, 0.717) is 11.6 Å². The number of amides is 2. The zero-order chi connectivity index (χ0) is 19.1. The lowest BCUT2D eigenvalue weighted by molar-refractivity contribution is -0.00600. The van der Waals surface area contributed by atoms with Crippen LogP contribution in [-0.2, 0) is 0 Å². The topological polar surface area (TPSA) is 45.2 Å². The van der Waals surface area contributed by atoms with Crippen LogP contribution in [0.1, 0.15) is 39.6 Å².